The second-order valence-corrected chi connectivity index (χ2v) is 3.22. The SMILES string of the molecule is C=C=CCCOC(=O)CC(=O)C(C)C. The predicted molar refractivity (Wildman–Crippen MR) is 53.7 cm³/mol. The molecule has 0 atom stereocenters. The Hall–Kier alpha value is -1.34. The molecule has 0 bridgehead atoms. The van der Waals surface area contributed by atoms with Gasteiger partial charge in [0.05, 0.1) is 6.61 Å². The van der Waals surface area contributed by atoms with Crippen molar-refractivity contribution in [3.8, 4) is 0 Å². The Bertz CT molecular complexity index is 247. The van der Waals surface area contributed by atoms with Crippen LogP contribution in [0.2, 0.25) is 0 Å². The molecule has 0 unspecified atom stereocenters. The molecule has 0 fully saturated rings. The van der Waals surface area contributed by atoms with E-state index in [-0.39, 0.29) is 24.7 Å². The third kappa shape index (κ3) is 6.21. The fourth-order valence-electron chi connectivity index (χ4n) is 0.731. The molecule has 3 nitrogen and oxygen atoms in total. The first-order chi connectivity index (χ1) is 6.57. The molecule has 0 radical (unpaired) electrons. The van der Waals surface area contributed by atoms with Gasteiger partial charge in [-0.3, -0.25) is 9.59 Å². The van der Waals surface area contributed by atoms with Crippen molar-refractivity contribution >= 4 is 11.8 Å². The zero-order chi connectivity index (χ0) is 11.0. The summed E-state index contributed by atoms with van der Waals surface area (Å²) in [6, 6.07) is 0. The zero-order valence-corrected chi connectivity index (χ0v) is 8.71. The standard InChI is InChI=1S/C11H16O3/c1-4-5-6-7-14-11(13)8-10(12)9(2)3/h5,9H,1,6-8H2,2-3H3. The number of ketones is 1. The lowest BCUT2D eigenvalue weighted by molar-refractivity contribution is -0.146. The van der Waals surface area contributed by atoms with E-state index < -0.39 is 5.97 Å². The number of ether oxygens (including phenoxy) is 1. The van der Waals surface area contributed by atoms with Crippen LogP contribution in [0.25, 0.3) is 0 Å². The normalized spacial score (nSPS) is 9.36. The second kappa shape index (κ2) is 7.10. The summed E-state index contributed by atoms with van der Waals surface area (Å²) in [6.07, 6.45) is 2.14. The zero-order valence-electron chi connectivity index (χ0n) is 8.71. The van der Waals surface area contributed by atoms with E-state index in [2.05, 4.69) is 12.3 Å². The average molecular weight is 196 g/mol. The first kappa shape index (κ1) is 12.7. The summed E-state index contributed by atoms with van der Waals surface area (Å²) in [5, 5.41) is 0. The molecule has 0 rings (SSSR count). The molecule has 0 aromatic rings. The maximum absolute atomic E-state index is 11.1. The van der Waals surface area contributed by atoms with Crippen LogP contribution in [0.1, 0.15) is 26.7 Å². The van der Waals surface area contributed by atoms with Crippen molar-refractivity contribution in [2.45, 2.75) is 26.7 Å². The lowest BCUT2D eigenvalue weighted by Crippen LogP contribution is -2.15. The molecule has 3 heteroatoms. The summed E-state index contributed by atoms with van der Waals surface area (Å²) < 4.78 is 4.81. The van der Waals surface area contributed by atoms with Gasteiger partial charge in [-0.2, -0.15) is 0 Å². The molecule has 0 aromatic carbocycles. The largest absolute Gasteiger partial charge is 0.465 e. The molecule has 78 valence electrons. The van der Waals surface area contributed by atoms with Gasteiger partial charge in [0.1, 0.15) is 12.2 Å². The van der Waals surface area contributed by atoms with Crippen LogP contribution >= 0.6 is 0 Å². The van der Waals surface area contributed by atoms with Crippen molar-refractivity contribution in [2.24, 2.45) is 5.92 Å². The van der Waals surface area contributed by atoms with E-state index >= 15 is 0 Å². The van der Waals surface area contributed by atoms with Crippen molar-refractivity contribution in [3.63, 3.8) is 0 Å². The third-order valence-electron chi connectivity index (χ3n) is 1.63. The van der Waals surface area contributed by atoms with Gasteiger partial charge in [0, 0.05) is 12.3 Å². The van der Waals surface area contributed by atoms with Crippen LogP contribution in [-0.2, 0) is 14.3 Å². The Balaban J connectivity index is 3.65. The first-order valence-corrected chi connectivity index (χ1v) is 4.60. The van der Waals surface area contributed by atoms with Crippen LogP contribution < -0.4 is 0 Å². The number of Topliss-reactive ketones (excluding diaryl/α,β-unsaturated/α-hetero) is 1. The van der Waals surface area contributed by atoms with Gasteiger partial charge in [0.2, 0.25) is 0 Å². The number of esters is 1. The maximum atomic E-state index is 11.1. The van der Waals surface area contributed by atoms with E-state index in [1.807, 2.05) is 0 Å². The van der Waals surface area contributed by atoms with E-state index in [0.717, 1.165) is 0 Å². The summed E-state index contributed by atoms with van der Waals surface area (Å²) in [7, 11) is 0. The van der Waals surface area contributed by atoms with Crippen LogP contribution in [0, 0.1) is 5.92 Å². The predicted octanol–water partition coefficient (Wildman–Crippen LogP) is 1.88. The Labute approximate surface area is 84.4 Å². The summed E-state index contributed by atoms with van der Waals surface area (Å²) in [4.78, 5) is 22.1. The molecule has 0 N–H and O–H groups in total. The van der Waals surface area contributed by atoms with Crippen LogP contribution in [0.4, 0.5) is 0 Å². The molecule has 0 aliphatic heterocycles. The smallest absolute Gasteiger partial charge is 0.313 e. The van der Waals surface area contributed by atoms with Gasteiger partial charge >= 0.3 is 5.97 Å². The summed E-state index contributed by atoms with van der Waals surface area (Å²) in [6.45, 7) is 7.18. The van der Waals surface area contributed by atoms with Crippen LogP contribution in [0.15, 0.2) is 18.4 Å². The highest BCUT2D eigenvalue weighted by molar-refractivity contribution is 5.96. The summed E-state index contributed by atoms with van der Waals surface area (Å²) in [5.74, 6) is -0.661. The monoisotopic (exact) mass is 196 g/mol. The minimum Gasteiger partial charge on any atom is -0.465 e. The number of hydrogen-bond donors (Lipinski definition) is 0. The lowest BCUT2D eigenvalue weighted by Gasteiger charge is -2.04. The molecule has 0 amide bonds. The Morgan fingerprint density at radius 2 is 2.14 bits per heavy atom. The van der Waals surface area contributed by atoms with Crippen molar-refractivity contribution in [2.75, 3.05) is 6.61 Å². The number of carbonyl (C=O) groups excluding carboxylic acids is 2. The third-order valence-corrected chi connectivity index (χ3v) is 1.63. The van der Waals surface area contributed by atoms with Crippen molar-refractivity contribution in [1.29, 1.82) is 0 Å². The van der Waals surface area contributed by atoms with Crippen LogP contribution in [-0.4, -0.2) is 18.4 Å². The number of rotatable bonds is 6. The molecule has 0 saturated carbocycles. The second-order valence-electron chi connectivity index (χ2n) is 3.22. The minimum atomic E-state index is -0.457. The average Bonchev–Trinajstić information content (AvgIpc) is 2.12. The molecule has 0 spiro atoms. The van der Waals surface area contributed by atoms with E-state index in [1.165, 1.54) is 0 Å². The van der Waals surface area contributed by atoms with E-state index in [0.29, 0.717) is 6.42 Å². The van der Waals surface area contributed by atoms with E-state index in [4.69, 9.17) is 4.74 Å². The maximum Gasteiger partial charge on any atom is 0.313 e. The van der Waals surface area contributed by atoms with Crippen molar-refractivity contribution < 1.29 is 14.3 Å². The molecule has 0 aliphatic carbocycles. The summed E-state index contributed by atoms with van der Waals surface area (Å²) >= 11 is 0. The highest BCUT2D eigenvalue weighted by atomic mass is 16.5. The van der Waals surface area contributed by atoms with Crippen LogP contribution in [0.5, 0.6) is 0 Å². The van der Waals surface area contributed by atoms with Crippen molar-refractivity contribution in [3.05, 3.63) is 18.4 Å². The summed E-state index contributed by atoms with van der Waals surface area (Å²) in [5.41, 5.74) is 2.57. The Kier molecular flexibility index (Phi) is 6.42. The van der Waals surface area contributed by atoms with Gasteiger partial charge in [-0.15, -0.1) is 5.73 Å². The van der Waals surface area contributed by atoms with E-state index in [9.17, 15) is 9.59 Å². The van der Waals surface area contributed by atoms with Crippen molar-refractivity contribution in [1.82, 2.24) is 0 Å². The molecule has 0 aliphatic rings. The highest BCUT2D eigenvalue weighted by Gasteiger charge is 2.13. The first-order valence-electron chi connectivity index (χ1n) is 4.60. The van der Waals surface area contributed by atoms with Gasteiger partial charge in [-0.25, -0.2) is 0 Å². The molecular formula is C11H16O3. The number of carbonyl (C=O) groups is 2. The van der Waals surface area contributed by atoms with E-state index in [1.54, 1.807) is 19.9 Å². The molecule has 0 aromatic heterocycles. The molecular weight excluding hydrogens is 180 g/mol. The topological polar surface area (TPSA) is 43.4 Å². The fourth-order valence-corrected chi connectivity index (χ4v) is 0.731. The quantitative estimate of drug-likeness (QED) is 0.282. The number of hydrogen-bond acceptors (Lipinski definition) is 3. The fraction of sp³-hybridized carbons (Fsp3) is 0.545. The lowest BCUT2D eigenvalue weighted by atomic mass is 10.1. The Morgan fingerprint density at radius 1 is 1.50 bits per heavy atom. The van der Waals surface area contributed by atoms with Gasteiger partial charge in [0.25, 0.3) is 0 Å². The minimum absolute atomic E-state index is 0.0886. The molecule has 0 heterocycles. The van der Waals surface area contributed by atoms with Gasteiger partial charge in [0.15, 0.2) is 0 Å². The van der Waals surface area contributed by atoms with Gasteiger partial charge < -0.3 is 4.74 Å². The molecule has 14 heavy (non-hydrogen) atoms. The van der Waals surface area contributed by atoms with Gasteiger partial charge in [-0.1, -0.05) is 20.4 Å². The van der Waals surface area contributed by atoms with Crippen LogP contribution in [0.3, 0.4) is 0 Å². The van der Waals surface area contributed by atoms with Gasteiger partial charge in [-0.05, 0) is 6.08 Å². The molecule has 0 saturated heterocycles. The Morgan fingerprint density at radius 3 is 2.64 bits per heavy atom. The highest BCUT2D eigenvalue weighted by Crippen LogP contribution is 2.00.